The van der Waals surface area contributed by atoms with Crippen LogP contribution in [0.1, 0.15) is 20.3 Å². The van der Waals surface area contributed by atoms with E-state index in [1.54, 1.807) is 0 Å². The van der Waals surface area contributed by atoms with Crippen LogP contribution in [0.25, 0.3) is 0 Å². The molecule has 0 radical (unpaired) electrons. The zero-order valence-corrected chi connectivity index (χ0v) is 13.2. The Morgan fingerprint density at radius 3 is 2.10 bits per heavy atom. The molecule has 0 fully saturated rings. The number of sulfone groups is 1. The van der Waals surface area contributed by atoms with E-state index in [1.807, 2.05) is 13.8 Å². The molecule has 0 aliphatic heterocycles. The Morgan fingerprint density at radius 2 is 1.71 bits per heavy atom. The predicted molar refractivity (Wildman–Crippen MR) is 77.3 cm³/mol. The summed E-state index contributed by atoms with van der Waals surface area (Å²) >= 11 is 5.82. The Hall–Kier alpha value is -0.950. The maximum absolute atomic E-state index is 12.4. The third kappa shape index (κ3) is 4.78. The fourth-order valence-corrected chi connectivity index (χ4v) is 2.79. The molecule has 120 valence electrons. The zero-order chi connectivity index (χ0) is 16.3. The molecule has 0 amide bonds. The van der Waals surface area contributed by atoms with Gasteiger partial charge in [-0.05, 0) is 36.6 Å². The number of hydrogen-bond acceptors (Lipinski definition) is 3. The second-order valence-corrected chi connectivity index (χ2v) is 7.35. The molecule has 1 atom stereocenters. The highest BCUT2D eigenvalue weighted by molar-refractivity contribution is 7.92. The molecule has 0 aliphatic carbocycles. The summed E-state index contributed by atoms with van der Waals surface area (Å²) in [7, 11) is -5.30. The van der Waals surface area contributed by atoms with Gasteiger partial charge < -0.3 is 5.32 Å². The zero-order valence-electron chi connectivity index (χ0n) is 11.6. The van der Waals surface area contributed by atoms with Crippen LogP contribution in [0.4, 0.5) is 18.9 Å². The average Bonchev–Trinajstić information content (AvgIpc) is 2.36. The minimum atomic E-state index is -5.30. The number of anilines is 1. The van der Waals surface area contributed by atoms with Crippen LogP contribution >= 0.6 is 11.6 Å². The summed E-state index contributed by atoms with van der Waals surface area (Å²) in [6.45, 7) is 4.06. The first kappa shape index (κ1) is 18.1. The summed E-state index contributed by atoms with van der Waals surface area (Å²) in [4.78, 5) is -0.771. The topological polar surface area (TPSA) is 46.2 Å². The van der Waals surface area contributed by atoms with Crippen molar-refractivity contribution in [2.45, 2.75) is 36.7 Å². The molecule has 8 heteroatoms. The third-order valence-corrected chi connectivity index (χ3v) is 4.66. The van der Waals surface area contributed by atoms with Crippen molar-refractivity contribution in [3.05, 3.63) is 24.3 Å². The molecule has 0 aromatic heterocycles. The highest BCUT2D eigenvalue weighted by atomic mass is 35.5. The molecule has 0 heterocycles. The van der Waals surface area contributed by atoms with Gasteiger partial charge in [-0.25, -0.2) is 8.42 Å². The molecular weight excluding hydrogens is 327 g/mol. The summed E-state index contributed by atoms with van der Waals surface area (Å²) in [5.74, 6) is 0.756. The van der Waals surface area contributed by atoms with Gasteiger partial charge in [0.25, 0.3) is 9.84 Å². The van der Waals surface area contributed by atoms with E-state index in [1.165, 1.54) is 12.1 Å². The summed E-state index contributed by atoms with van der Waals surface area (Å²) in [5, 5.41) is 3.07. The van der Waals surface area contributed by atoms with Crippen LogP contribution in [0.5, 0.6) is 0 Å². The van der Waals surface area contributed by atoms with Crippen molar-refractivity contribution in [1.82, 2.24) is 0 Å². The van der Waals surface area contributed by atoms with Crippen molar-refractivity contribution >= 4 is 27.1 Å². The van der Waals surface area contributed by atoms with Gasteiger partial charge in [0.15, 0.2) is 0 Å². The van der Waals surface area contributed by atoms with Crippen LogP contribution in [0.3, 0.4) is 0 Å². The summed E-state index contributed by atoms with van der Waals surface area (Å²) < 4.78 is 59.7. The third-order valence-electron chi connectivity index (χ3n) is 2.78. The molecule has 0 aliphatic rings. The Balaban J connectivity index is 2.88. The summed E-state index contributed by atoms with van der Waals surface area (Å²) in [6, 6.07) is 4.45. The van der Waals surface area contributed by atoms with Crippen LogP contribution in [0.2, 0.25) is 0 Å². The maximum Gasteiger partial charge on any atom is 0.501 e. The normalized spacial score (nSPS) is 14.2. The largest absolute Gasteiger partial charge is 0.501 e. The van der Waals surface area contributed by atoms with E-state index >= 15 is 0 Å². The Labute approximate surface area is 127 Å². The van der Waals surface area contributed by atoms with Crippen molar-refractivity contribution in [2.24, 2.45) is 5.92 Å². The maximum atomic E-state index is 12.4. The number of halogens is 4. The second kappa shape index (κ2) is 6.87. The second-order valence-electron chi connectivity index (χ2n) is 5.10. The average molecular weight is 344 g/mol. The molecule has 1 aromatic rings. The predicted octanol–water partition coefficient (Wildman–Crippen LogP) is 4.05. The molecule has 1 rings (SSSR count). The number of nitrogens with one attached hydrogen (secondary N) is 1. The van der Waals surface area contributed by atoms with Gasteiger partial charge in [-0.1, -0.05) is 13.8 Å². The molecule has 0 saturated heterocycles. The first-order chi connectivity index (χ1) is 9.57. The number of benzene rings is 1. The molecule has 1 unspecified atom stereocenters. The van der Waals surface area contributed by atoms with Gasteiger partial charge in [-0.3, -0.25) is 0 Å². The van der Waals surface area contributed by atoms with Crippen molar-refractivity contribution in [2.75, 3.05) is 11.2 Å². The van der Waals surface area contributed by atoms with Crippen molar-refractivity contribution in [3.8, 4) is 0 Å². The minimum absolute atomic E-state index is 0.0308. The molecule has 0 saturated carbocycles. The lowest BCUT2D eigenvalue weighted by atomic mass is 10.0. The van der Waals surface area contributed by atoms with E-state index < -0.39 is 20.2 Å². The molecule has 0 spiro atoms. The van der Waals surface area contributed by atoms with E-state index in [-0.39, 0.29) is 6.04 Å². The SMILES string of the molecule is CC(C)CC(CCl)Nc1ccc(S(=O)(=O)C(F)(F)F)cc1. The fraction of sp³-hybridized carbons (Fsp3) is 0.538. The van der Waals surface area contributed by atoms with Gasteiger partial charge >= 0.3 is 5.51 Å². The van der Waals surface area contributed by atoms with E-state index in [2.05, 4.69) is 5.32 Å². The lowest BCUT2D eigenvalue weighted by Gasteiger charge is -2.19. The quantitative estimate of drug-likeness (QED) is 0.793. The van der Waals surface area contributed by atoms with E-state index in [9.17, 15) is 21.6 Å². The first-order valence-electron chi connectivity index (χ1n) is 6.32. The van der Waals surface area contributed by atoms with Gasteiger partial charge in [0.05, 0.1) is 4.90 Å². The Morgan fingerprint density at radius 1 is 1.19 bits per heavy atom. The monoisotopic (exact) mass is 343 g/mol. The van der Waals surface area contributed by atoms with Crippen molar-refractivity contribution in [3.63, 3.8) is 0 Å². The lowest BCUT2D eigenvalue weighted by Crippen LogP contribution is -2.24. The lowest BCUT2D eigenvalue weighted by molar-refractivity contribution is -0.0436. The minimum Gasteiger partial charge on any atom is -0.381 e. The van der Waals surface area contributed by atoms with Crippen LogP contribution in [0, 0.1) is 5.92 Å². The molecule has 3 nitrogen and oxygen atoms in total. The van der Waals surface area contributed by atoms with Crippen LogP contribution in [-0.2, 0) is 9.84 Å². The van der Waals surface area contributed by atoms with Crippen molar-refractivity contribution in [1.29, 1.82) is 0 Å². The van der Waals surface area contributed by atoms with Crippen LogP contribution < -0.4 is 5.32 Å². The highest BCUT2D eigenvalue weighted by Gasteiger charge is 2.46. The summed E-state index contributed by atoms with van der Waals surface area (Å²) in [5.41, 5.74) is -4.76. The molecule has 1 N–H and O–H groups in total. The van der Waals surface area contributed by atoms with Gasteiger partial charge in [0.2, 0.25) is 0 Å². The molecule has 1 aromatic carbocycles. The Kier molecular flexibility index (Phi) is 5.92. The standard InChI is InChI=1S/C13H17ClF3NO2S/c1-9(2)7-11(8-14)18-10-3-5-12(6-4-10)21(19,20)13(15,16)17/h3-6,9,11,18H,7-8H2,1-2H3. The molecule has 21 heavy (non-hydrogen) atoms. The Bertz CT molecular complexity index is 556. The van der Waals surface area contributed by atoms with Gasteiger partial charge in [-0.2, -0.15) is 13.2 Å². The number of hydrogen-bond donors (Lipinski definition) is 1. The van der Waals surface area contributed by atoms with E-state index in [0.717, 1.165) is 18.6 Å². The van der Waals surface area contributed by atoms with E-state index in [0.29, 0.717) is 17.5 Å². The van der Waals surface area contributed by atoms with Gasteiger partial charge in [0.1, 0.15) is 0 Å². The van der Waals surface area contributed by atoms with E-state index in [4.69, 9.17) is 11.6 Å². The fourth-order valence-electron chi connectivity index (χ4n) is 1.83. The smallest absolute Gasteiger partial charge is 0.381 e. The van der Waals surface area contributed by atoms with Gasteiger partial charge in [0, 0.05) is 17.6 Å². The van der Waals surface area contributed by atoms with Crippen LogP contribution in [0.15, 0.2) is 29.2 Å². The van der Waals surface area contributed by atoms with Crippen molar-refractivity contribution < 1.29 is 21.6 Å². The van der Waals surface area contributed by atoms with Crippen LogP contribution in [-0.4, -0.2) is 25.8 Å². The molecular formula is C13H17ClF3NO2S. The molecule has 0 bridgehead atoms. The highest BCUT2D eigenvalue weighted by Crippen LogP contribution is 2.30. The summed E-state index contributed by atoms with van der Waals surface area (Å²) in [6.07, 6.45) is 0.798. The number of alkyl halides is 4. The van der Waals surface area contributed by atoms with Gasteiger partial charge in [-0.15, -0.1) is 11.6 Å². The first-order valence-corrected chi connectivity index (χ1v) is 8.33. The number of rotatable bonds is 6.